The Morgan fingerprint density at radius 2 is 1.05 bits per heavy atom. The molecule has 10 nitrogen and oxygen atoms in total. The minimum absolute atomic E-state index is 0.0163. The van der Waals surface area contributed by atoms with Gasteiger partial charge in [0, 0.05) is 6.42 Å². The molecule has 4 rings (SSSR count). The van der Waals surface area contributed by atoms with Gasteiger partial charge in [-0.1, -0.05) is 103 Å². The molecule has 0 aliphatic rings. The van der Waals surface area contributed by atoms with Gasteiger partial charge in [-0.05, 0) is 104 Å². The second-order valence-electron chi connectivity index (χ2n) is 13.9. The Bertz CT molecular complexity index is 1830. The van der Waals surface area contributed by atoms with Crippen molar-refractivity contribution in [3.8, 4) is 28.7 Å². The predicted octanol–water partition coefficient (Wildman–Crippen LogP) is 12.2. The Morgan fingerprint density at radius 3 is 1.60 bits per heavy atom. The van der Waals surface area contributed by atoms with E-state index < -0.39 is 24.2 Å². The Hall–Kier alpha value is -5.61. The lowest BCUT2D eigenvalue weighted by Crippen LogP contribution is -2.23. The first-order valence-corrected chi connectivity index (χ1v) is 20.6. The van der Waals surface area contributed by atoms with Crippen molar-refractivity contribution in [2.24, 2.45) is 0 Å². The van der Waals surface area contributed by atoms with Gasteiger partial charge in [0.15, 0.2) is 0 Å². The number of hydrogen-bond acceptors (Lipinski definition) is 10. The standard InChI is InChI=1S/C48H58O10/c1-5-9-12-13-14-15-16-17-18-45(54-41-25-19-36(8-4)20-26-41)57-58-48(51)43-35-42(55-46(49)37-21-27-39(28-22-37)52-33-10-6-2)31-32-44(43)56-47(50)38-23-29-40(30-24-38)53-34-11-7-3/h8,19-32,35,45H,4-7,9-18,33-34H2,1-3H3. The smallest absolute Gasteiger partial charge is 0.377 e. The molecule has 10 heteroatoms. The summed E-state index contributed by atoms with van der Waals surface area (Å²) in [6.07, 6.45) is 14.0. The van der Waals surface area contributed by atoms with E-state index in [4.69, 9.17) is 33.5 Å². The van der Waals surface area contributed by atoms with Crippen LogP contribution in [0.25, 0.3) is 6.08 Å². The number of carbonyl (C=O) groups is 3. The number of carbonyl (C=O) groups excluding carboxylic acids is 3. The summed E-state index contributed by atoms with van der Waals surface area (Å²) in [5, 5.41) is 0. The van der Waals surface area contributed by atoms with E-state index in [1.807, 2.05) is 12.1 Å². The van der Waals surface area contributed by atoms with Crippen molar-refractivity contribution in [3.05, 3.63) is 120 Å². The van der Waals surface area contributed by atoms with Crippen molar-refractivity contribution in [2.45, 2.75) is 111 Å². The second kappa shape index (κ2) is 25.6. The van der Waals surface area contributed by atoms with E-state index in [-0.39, 0.29) is 28.2 Å². The van der Waals surface area contributed by atoms with Crippen LogP contribution in [0.3, 0.4) is 0 Å². The average molecular weight is 795 g/mol. The molecule has 4 aromatic carbocycles. The van der Waals surface area contributed by atoms with Crippen molar-refractivity contribution >= 4 is 24.0 Å². The van der Waals surface area contributed by atoms with E-state index >= 15 is 0 Å². The van der Waals surface area contributed by atoms with Gasteiger partial charge in [-0.15, -0.1) is 4.89 Å². The number of benzene rings is 4. The Morgan fingerprint density at radius 1 is 0.552 bits per heavy atom. The molecule has 0 amide bonds. The molecule has 0 radical (unpaired) electrons. The predicted molar refractivity (Wildman–Crippen MR) is 225 cm³/mol. The van der Waals surface area contributed by atoms with Crippen LogP contribution >= 0.6 is 0 Å². The highest BCUT2D eigenvalue weighted by molar-refractivity contribution is 5.97. The summed E-state index contributed by atoms with van der Waals surface area (Å²) < 4.78 is 28.9. The average Bonchev–Trinajstić information content (AvgIpc) is 3.25. The third kappa shape index (κ3) is 15.7. The van der Waals surface area contributed by atoms with Crippen LogP contribution < -0.4 is 23.7 Å². The lowest BCUT2D eigenvalue weighted by atomic mass is 10.1. The fraction of sp³-hybridized carbons (Fsp3) is 0.396. The molecule has 0 bridgehead atoms. The van der Waals surface area contributed by atoms with Crippen molar-refractivity contribution in [1.29, 1.82) is 0 Å². The maximum Gasteiger partial charge on any atom is 0.377 e. The quantitative estimate of drug-likeness (QED) is 0.0144. The monoisotopic (exact) mass is 794 g/mol. The fourth-order valence-corrected chi connectivity index (χ4v) is 5.74. The van der Waals surface area contributed by atoms with Gasteiger partial charge in [-0.3, -0.25) is 4.89 Å². The summed E-state index contributed by atoms with van der Waals surface area (Å²) in [4.78, 5) is 51.3. The van der Waals surface area contributed by atoms with Crippen LogP contribution in [-0.2, 0) is 9.78 Å². The summed E-state index contributed by atoms with van der Waals surface area (Å²) in [5.41, 5.74) is 1.22. The minimum Gasteiger partial charge on any atom is -0.494 e. The van der Waals surface area contributed by atoms with Gasteiger partial charge < -0.3 is 23.7 Å². The molecule has 1 unspecified atom stereocenters. The van der Waals surface area contributed by atoms with Gasteiger partial charge in [-0.25, -0.2) is 14.4 Å². The van der Waals surface area contributed by atoms with E-state index in [1.54, 1.807) is 66.7 Å². The summed E-state index contributed by atoms with van der Waals surface area (Å²) >= 11 is 0. The zero-order chi connectivity index (χ0) is 41.4. The number of hydrogen-bond donors (Lipinski definition) is 0. The van der Waals surface area contributed by atoms with Crippen LogP contribution in [0.5, 0.6) is 28.7 Å². The van der Waals surface area contributed by atoms with Gasteiger partial charge in [-0.2, -0.15) is 0 Å². The molecular weight excluding hydrogens is 737 g/mol. The second-order valence-corrected chi connectivity index (χ2v) is 13.9. The zero-order valence-corrected chi connectivity index (χ0v) is 34.2. The highest BCUT2D eigenvalue weighted by Crippen LogP contribution is 2.28. The Balaban J connectivity index is 1.50. The zero-order valence-electron chi connectivity index (χ0n) is 34.2. The van der Waals surface area contributed by atoms with Crippen LogP contribution in [0.2, 0.25) is 0 Å². The van der Waals surface area contributed by atoms with Crippen LogP contribution in [0.1, 0.15) is 141 Å². The first-order valence-electron chi connectivity index (χ1n) is 20.6. The van der Waals surface area contributed by atoms with Crippen LogP contribution in [0.4, 0.5) is 0 Å². The molecule has 0 aliphatic carbocycles. The Kier molecular flexibility index (Phi) is 19.9. The third-order valence-electron chi connectivity index (χ3n) is 9.21. The fourth-order valence-electron chi connectivity index (χ4n) is 5.74. The molecule has 58 heavy (non-hydrogen) atoms. The highest BCUT2D eigenvalue weighted by Gasteiger charge is 2.24. The third-order valence-corrected chi connectivity index (χ3v) is 9.21. The molecule has 0 aromatic heterocycles. The van der Waals surface area contributed by atoms with E-state index in [2.05, 4.69) is 27.4 Å². The van der Waals surface area contributed by atoms with E-state index in [9.17, 15) is 14.4 Å². The summed E-state index contributed by atoms with van der Waals surface area (Å²) in [5.74, 6) is -0.700. The van der Waals surface area contributed by atoms with Crippen LogP contribution in [0, 0.1) is 0 Å². The van der Waals surface area contributed by atoms with Gasteiger partial charge in [0.2, 0.25) is 6.29 Å². The maximum absolute atomic E-state index is 13.8. The first kappa shape index (κ1) is 45.1. The molecule has 0 spiro atoms. The SMILES string of the molecule is C=Cc1ccc(OC(CCCCCCCCCC)OOC(=O)c2cc(OC(=O)c3ccc(OCCCC)cc3)ccc2OC(=O)c2ccc(OCCCC)cc2)cc1. The molecule has 0 saturated heterocycles. The van der Waals surface area contributed by atoms with Gasteiger partial charge in [0.25, 0.3) is 0 Å². The van der Waals surface area contributed by atoms with Crippen molar-refractivity contribution in [2.75, 3.05) is 13.2 Å². The molecule has 0 aliphatic heterocycles. The number of ether oxygens (including phenoxy) is 5. The normalized spacial score (nSPS) is 11.3. The number of rotatable bonds is 27. The van der Waals surface area contributed by atoms with E-state index in [0.29, 0.717) is 36.9 Å². The van der Waals surface area contributed by atoms with Crippen molar-refractivity contribution in [1.82, 2.24) is 0 Å². The largest absolute Gasteiger partial charge is 0.494 e. The topological polar surface area (TPSA) is 116 Å². The first-order chi connectivity index (χ1) is 28.3. The van der Waals surface area contributed by atoms with Crippen LogP contribution in [0.15, 0.2) is 97.6 Å². The number of unbranched alkanes of at least 4 members (excludes halogenated alkanes) is 9. The minimum atomic E-state index is -0.986. The highest BCUT2D eigenvalue weighted by atomic mass is 17.2. The molecule has 4 aromatic rings. The van der Waals surface area contributed by atoms with Gasteiger partial charge in [0.05, 0.1) is 24.3 Å². The molecule has 0 saturated carbocycles. The van der Waals surface area contributed by atoms with Gasteiger partial charge >= 0.3 is 17.9 Å². The molecule has 0 fully saturated rings. The molecule has 1 atom stereocenters. The van der Waals surface area contributed by atoms with E-state index in [1.165, 1.54) is 43.9 Å². The number of esters is 2. The lowest BCUT2D eigenvalue weighted by Gasteiger charge is -2.18. The maximum atomic E-state index is 13.8. The molecular formula is C48H58O10. The molecule has 310 valence electrons. The van der Waals surface area contributed by atoms with E-state index in [0.717, 1.165) is 56.9 Å². The Labute approximate surface area is 343 Å². The van der Waals surface area contributed by atoms with Gasteiger partial charge in [0.1, 0.15) is 34.3 Å². The van der Waals surface area contributed by atoms with Crippen molar-refractivity contribution in [3.63, 3.8) is 0 Å². The summed E-state index contributed by atoms with van der Waals surface area (Å²) in [6.45, 7) is 11.3. The molecule has 0 N–H and O–H groups in total. The lowest BCUT2D eigenvalue weighted by molar-refractivity contribution is -0.320. The molecule has 0 heterocycles. The summed E-state index contributed by atoms with van der Waals surface area (Å²) in [6, 6.07) is 24.4. The van der Waals surface area contributed by atoms with Crippen molar-refractivity contribution < 1.29 is 47.8 Å². The van der Waals surface area contributed by atoms with Crippen LogP contribution in [-0.4, -0.2) is 37.4 Å². The summed E-state index contributed by atoms with van der Waals surface area (Å²) in [7, 11) is 0.